The molecule has 1 unspecified atom stereocenters. The summed E-state index contributed by atoms with van der Waals surface area (Å²) in [6, 6.07) is 98.5. The van der Waals surface area contributed by atoms with Crippen molar-refractivity contribution in [3.63, 3.8) is 0 Å². The third-order valence-corrected chi connectivity index (χ3v) is 14.7. The van der Waals surface area contributed by atoms with Crippen molar-refractivity contribution < 1.29 is 0 Å². The highest BCUT2D eigenvalue weighted by atomic mass is 15.1. The van der Waals surface area contributed by atoms with E-state index < -0.39 is 0 Å². The Bertz CT molecular complexity index is 3910. The predicted octanol–water partition coefficient (Wildman–Crippen LogP) is 18.6. The zero-order valence-electron chi connectivity index (χ0n) is 38.4. The summed E-state index contributed by atoms with van der Waals surface area (Å²) in [7, 11) is 0. The van der Waals surface area contributed by atoms with Crippen LogP contribution in [0.2, 0.25) is 0 Å². The van der Waals surface area contributed by atoms with Crippen molar-refractivity contribution in [3.8, 4) is 55.6 Å². The van der Waals surface area contributed by atoms with Crippen molar-refractivity contribution in [2.75, 3.05) is 4.90 Å². The van der Waals surface area contributed by atoms with E-state index in [0.29, 0.717) is 0 Å². The van der Waals surface area contributed by atoms with Crippen LogP contribution in [0, 0.1) is 0 Å². The van der Waals surface area contributed by atoms with Crippen LogP contribution in [0.1, 0.15) is 23.6 Å². The van der Waals surface area contributed by atoms with E-state index in [1.165, 1.54) is 99.1 Å². The summed E-state index contributed by atoms with van der Waals surface area (Å²) in [6.07, 6.45) is 0. The summed E-state index contributed by atoms with van der Waals surface area (Å²) in [5.41, 5.74) is 19.1. The maximum Gasteiger partial charge on any atom is 0.0468 e. The molecule has 1 atom stereocenters. The Labute approximate surface area is 403 Å². The van der Waals surface area contributed by atoms with Crippen LogP contribution in [0.4, 0.5) is 17.1 Å². The molecule has 13 rings (SSSR count). The zero-order chi connectivity index (χ0) is 45.9. The summed E-state index contributed by atoms with van der Waals surface area (Å²) < 4.78 is 0. The Hall–Kier alpha value is -8.78. The molecule has 1 heteroatoms. The third-order valence-electron chi connectivity index (χ3n) is 14.7. The average molecular weight is 878 g/mol. The molecule has 0 heterocycles. The molecule has 69 heavy (non-hydrogen) atoms. The minimum atomic E-state index is -0.285. The SMILES string of the molecule is CC1(c2ccccc2)c2ccccc2-c2cc(N(c3cccc(-c4ccc5ccccc5c4)c3)c3cccc(-c4ccc5c(c4)c(-c4ccccc4)c(-c4ccccc4)c4ccccc45)c3)ccc21. The Morgan fingerprint density at radius 1 is 0.275 bits per heavy atom. The largest absolute Gasteiger partial charge is 0.310 e. The number of nitrogens with zero attached hydrogens (tertiary/aromatic N) is 1. The van der Waals surface area contributed by atoms with Crippen LogP contribution >= 0.6 is 0 Å². The first-order valence-electron chi connectivity index (χ1n) is 24.0. The molecule has 1 nitrogen and oxygen atoms in total. The van der Waals surface area contributed by atoms with Gasteiger partial charge in [0.2, 0.25) is 0 Å². The Kier molecular flexibility index (Phi) is 9.70. The number of benzene rings is 12. The molecule has 0 aliphatic heterocycles. The summed E-state index contributed by atoms with van der Waals surface area (Å²) in [4.78, 5) is 2.45. The molecular formula is C68H47N. The second-order valence-electron chi connectivity index (χ2n) is 18.6. The molecule has 1 aliphatic carbocycles. The molecule has 0 bridgehead atoms. The lowest BCUT2D eigenvalue weighted by Gasteiger charge is -2.30. The second-order valence-corrected chi connectivity index (χ2v) is 18.6. The van der Waals surface area contributed by atoms with Gasteiger partial charge in [0.25, 0.3) is 0 Å². The highest BCUT2D eigenvalue weighted by Crippen LogP contribution is 2.54. The van der Waals surface area contributed by atoms with Crippen molar-refractivity contribution in [2.24, 2.45) is 0 Å². The van der Waals surface area contributed by atoms with Gasteiger partial charge in [-0.2, -0.15) is 0 Å². The summed E-state index contributed by atoms with van der Waals surface area (Å²) >= 11 is 0. The molecule has 0 amide bonds. The van der Waals surface area contributed by atoms with Gasteiger partial charge in [0.15, 0.2) is 0 Å². The number of anilines is 3. The van der Waals surface area contributed by atoms with Crippen LogP contribution in [-0.2, 0) is 5.41 Å². The fourth-order valence-corrected chi connectivity index (χ4v) is 11.4. The van der Waals surface area contributed by atoms with E-state index in [-0.39, 0.29) is 5.41 Å². The number of hydrogen-bond acceptors (Lipinski definition) is 1. The van der Waals surface area contributed by atoms with Crippen LogP contribution < -0.4 is 4.90 Å². The molecule has 0 spiro atoms. The van der Waals surface area contributed by atoms with Crippen molar-refractivity contribution in [1.82, 2.24) is 0 Å². The van der Waals surface area contributed by atoms with Gasteiger partial charge in [-0.25, -0.2) is 0 Å². The lowest BCUT2D eigenvalue weighted by Crippen LogP contribution is -2.22. The highest BCUT2D eigenvalue weighted by Gasteiger charge is 2.41. The van der Waals surface area contributed by atoms with E-state index in [9.17, 15) is 0 Å². The van der Waals surface area contributed by atoms with Gasteiger partial charge < -0.3 is 4.90 Å². The maximum atomic E-state index is 2.45. The average Bonchev–Trinajstić information content (AvgIpc) is 3.68. The highest BCUT2D eigenvalue weighted by molar-refractivity contribution is 6.22. The molecule has 12 aromatic rings. The first-order chi connectivity index (χ1) is 34.1. The Morgan fingerprint density at radius 2 is 0.768 bits per heavy atom. The van der Waals surface area contributed by atoms with Gasteiger partial charge in [0.05, 0.1) is 0 Å². The summed E-state index contributed by atoms with van der Waals surface area (Å²) in [5.74, 6) is 0. The minimum absolute atomic E-state index is 0.285. The van der Waals surface area contributed by atoms with Crippen LogP contribution in [0.25, 0.3) is 88.0 Å². The van der Waals surface area contributed by atoms with E-state index >= 15 is 0 Å². The molecule has 0 saturated heterocycles. The second kappa shape index (κ2) is 16.5. The lowest BCUT2D eigenvalue weighted by atomic mass is 9.74. The topological polar surface area (TPSA) is 3.24 Å². The van der Waals surface area contributed by atoms with Gasteiger partial charge in [-0.15, -0.1) is 0 Å². The molecular weight excluding hydrogens is 831 g/mol. The molecule has 0 aromatic heterocycles. The summed E-state index contributed by atoms with van der Waals surface area (Å²) in [5, 5.41) is 7.47. The van der Waals surface area contributed by atoms with Gasteiger partial charge in [0, 0.05) is 22.5 Å². The fourth-order valence-electron chi connectivity index (χ4n) is 11.4. The predicted molar refractivity (Wildman–Crippen MR) is 293 cm³/mol. The van der Waals surface area contributed by atoms with Gasteiger partial charge in [-0.3, -0.25) is 0 Å². The minimum Gasteiger partial charge on any atom is -0.310 e. The van der Waals surface area contributed by atoms with Crippen LogP contribution in [0.5, 0.6) is 0 Å². The molecule has 0 N–H and O–H groups in total. The van der Waals surface area contributed by atoms with Crippen LogP contribution in [-0.4, -0.2) is 0 Å². The number of hydrogen-bond donors (Lipinski definition) is 0. The molecule has 0 fully saturated rings. The van der Waals surface area contributed by atoms with Gasteiger partial charge in [-0.05, 0) is 160 Å². The first kappa shape index (κ1) is 40.5. The Morgan fingerprint density at radius 3 is 1.48 bits per heavy atom. The van der Waals surface area contributed by atoms with Gasteiger partial charge in [-0.1, -0.05) is 218 Å². The summed E-state index contributed by atoms with van der Waals surface area (Å²) in [6.45, 7) is 2.39. The third kappa shape index (κ3) is 6.77. The Balaban J connectivity index is 1.01. The molecule has 12 aromatic carbocycles. The van der Waals surface area contributed by atoms with Crippen molar-refractivity contribution >= 4 is 49.4 Å². The van der Waals surface area contributed by atoms with E-state index in [1.807, 2.05) is 0 Å². The molecule has 0 radical (unpaired) electrons. The van der Waals surface area contributed by atoms with Crippen LogP contribution in [0.15, 0.2) is 267 Å². The zero-order valence-corrected chi connectivity index (χ0v) is 38.4. The van der Waals surface area contributed by atoms with E-state index in [4.69, 9.17) is 0 Å². The normalized spacial score (nSPS) is 13.9. The standard InChI is InChI=1S/C68H47N/c1-68(54-27-9-4-10-28-54)64-34-16-15-32-60(64)62-45-57(38-40-65(62)68)69(55-29-17-25-50(42-55)52-36-35-46-19-11-12-24-49(46)41-52)56-30-18-26-51(43-56)53-37-39-59-58-31-13-14-33-61(58)66(47-20-5-2-6-21-47)67(63(59)44-53)48-22-7-3-8-23-48/h2-45H,1H3. The lowest BCUT2D eigenvalue weighted by molar-refractivity contribution is 0.714. The first-order valence-corrected chi connectivity index (χ1v) is 24.0. The van der Waals surface area contributed by atoms with E-state index in [0.717, 1.165) is 22.6 Å². The van der Waals surface area contributed by atoms with Gasteiger partial charge in [0.1, 0.15) is 0 Å². The van der Waals surface area contributed by atoms with E-state index in [1.54, 1.807) is 0 Å². The number of rotatable bonds is 8. The smallest absolute Gasteiger partial charge is 0.0468 e. The number of fused-ring (bicyclic) bond motifs is 7. The van der Waals surface area contributed by atoms with Crippen LogP contribution in [0.3, 0.4) is 0 Å². The van der Waals surface area contributed by atoms with E-state index in [2.05, 4.69) is 279 Å². The molecule has 324 valence electrons. The monoisotopic (exact) mass is 877 g/mol. The van der Waals surface area contributed by atoms with Crippen molar-refractivity contribution in [3.05, 3.63) is 284 Å². The van der Waals surface area contributed by atoms with Crippen molar-refractivity contribution in [2.45, 2.75) is 12.3 Å². The van der Waals surface area contributed by atoms with Crippen molar-refractivity contribution in [1.29, 1.82) is 0 Å². The fraction of sp³-hybridized carbons (Fsp3) is 0.0294. The molecule has 0 saturated carbocycles. The van der Waals surface area contributed by atoms with Gasteiger partial charge >= 0.3 is 0 Å². The maximum absolute atomic E-state index is 2.45. The molecule has 1 aliphatic rings. The quantitative estimate of drug-likeness (QED) is 0.138.